The van der Waals surface area contributed by atoms with Crippen LogP contribution in [0.4, 0.5) is 0 Å². The predicted molar refractivity (Wildman–Crippen MR) is 67.0 cm³/mol. The molecular formula is C11H21N3S. The summed E-state index contributed by atoms with van der Waals surface area (Å²) in [7, 11) is 0. The molecule has 2 N–H and O–H groups in total. The summed E-state index contributed by atoms with van der Waals surface area (Å²) >= 11 is 4.96. The summed E-state index contributed by atoms with van der Waals surface area (Å²) in [5, 5.41) is 0. The van der Waals surface area contributed by atoms with Crippen molar-refractivity contribution in [2.45, 2.75) is 38.3 Å². The Bertz CT molecular complexity index is 232. The van der Waals surface area contributed by atoms with Gasteiger partial charge in [-0.05, 0) is 19.8 Å². The summed E-state index contributed by atoms with van der Waals surface area (Å²) in [6.45, 7) is 7.05. The van der Waals surface area contributed by atoms with Crippen LogP contribution in [0.5, 0.6) is 0 Å². The van der Waals surface area contributed by atoms with Gasteiger partial charge in [-0.15, -0.1) is 0 Å². The Morgan fingerprint density at radius 3 is 2.40 bits per heavy atom. The van der Waals surface area contributed by atoms with Crippen LogP contribution in [0.3, 0.4) is 0 Å². The van der Waals surface area contributed by atoms with Crippen LogP contribution < -0.4 is 5.73 Å². The first kappa shape index (κ1) is 11.3. The van der Waals surface area contributed by atoms with Gasteiger partial charge in [-0.25, -0.2) is 0 Å². The van der Waals surface area contributed by atoms with Crippen LogP contribution >= 0.6 is 12.2 Å². The van der Waals surface area contributed by atoms with Crippen LogP contribution in [-0.4, -0.2) is 53.1 Å². The highest BCUT2D eigenvalue weighted by Gasteiger charge is 2.31. The summed E-state index contributed by atoms with van der Waals surface area (Å²) in [5.41, 5.74) is 5.58. The highest BCUT2D eigenvalue weighted by Crippen LogP contribution is 2.27. The lowest BCUT2D eigenvalue weighted by Crippen LogP contribution is -2.50. The van der Waals surface area contributed by atoms with E-state index >= 15 is 0 Å². The maximum Gasteiger partial charge on any atom is 0.0742 e. The van der Waals surface area contributed by atoms with Crippen LogP contribution in [-0.2, 0) is 0 Å². The van der Waals surface area contributed by atoms with Crippen molar-refractivity contribution >= 4 is 17.2 Å². The van der Waals surface area contributed by atoms with Gasteiger partial charge in [-0.3, -0.25) is 9.80 Å². The number of rotatable bonds is 4. The average Bonchev–Trinajstić information content (AvgIpc) is 3.00. The van der Waals surface area contributed by atoms with Crippen molar-refractivity contribution in [3.63, 3.8) is 0 Å². The molecule has 0 spiro atoms. The summed E-state index contributed by atoms with van der Waals surface area (Å²) in [6, 6.07) is 1.43. The van der Waals surface area contributed by atoms with E-state index in [1.54, 1.807) is 0 Å². The van der Waals surface area contributed by atoms with Crippen molar-refractivity contribution in [3.8, 4) is 0 Å². The van der Waals surface area contributed by atoms with Crippen molar-refractivity contribution in [3.05, 3.63) is 0 Å². The molecule has 2 rings (SSSR count). The Morgan fingerprint density at radius 1 is 1.33 bits per heavy atom. The highest BCUT2D eigenvalue weighted by atomic mass is 32.1. The van der Waals surface area contributed by atoms with Crippen LogP contribution in [0.15, 0.2) is 0 Å². The Morgan fingerprint density at radius 2 is 1.93 bits per heavy atom. The zero-order valence-corrected chi connectivity index (χ0v) is 10.3. The van der Waals surface area contributed by atoms with Crippen LogP contribution in [0.1, 0.15) is 26.2 Å². The number of nitrogens with zero attached hydrogens (tertiary/aromatic N) is 2. The molecule has 1 heterocycles. The Balaban J connectivity index is 1.74. The monoisotopic (exact) mass is 227 g/mol. The molecule has 0 aromatic rings. The summed E-state index contributed by atoms with van der Waals surface area (Å²) in [4.78, 5) is 5.79. The van der Waals surface area contributed by atoms with E-state index < -0.39 is 0 Å². The van der Waals surface area contributed by atoms with Gasteiger partial charge >= 0.3 is 0 Å². The number of nitrogens with two attached hydrogens (primary N) is 1. The largest absolute Gasteiger partial charge is 0.393 e. The van der Waals surface area contributed by atoms with Crippen LogP contribution in [0.2, 0.25) is 0 Å². The normalized spacial score (nSPS) is 26.5. The topological polar surface area (TPSA) is 32.5 Å². The molecule has 2 aliphatic rings. The van der Waals surface area contributed by atoms with Gasteiger partial charge in [-0.2, -0.15) is 0 Å². The number of thiocarbonyl (C=S) groups is 1. The molecule has 1 aliphatic carbocycles. The van der Waals surface area contributed by atoms with Gasteiger partial charge in [0.1, 0.15) is 0 Å². The molecule has 0 amide bonds. The van der Waals surface area contributed by atoms with Crippen molar-refractivity contribution in [2.24, 2.45) is 5.73 Å². The molecule has 86 valence electrons. The van der Waals surface area contributed by atoms with E-state index in [4.69, 9.17) is 18.0 Å². The zero-order valence-electron chi connectivity index (χ0n) is 9.48. The fraction of sp³-hybridized carbons (Fsp3) is 0.909. The molecule has 4 heteroatoms. The molecule has 0 aromatic heterocycles. The van der Waals surface area contributed by atoms with E-state index in [9.17, 15) is 0 Å². The first-order chi connectivity index (χ1) is 7.16. The molecule has 0 aromatic carbocycles. The molecule has 1 aliphatic heterocycles. The van der Waals surface area contributed by atoms with E-state index in [0.717, 1.165) is 12.5 Å². The van der Waals surface area contributed by atoms with Gasteiger partial charge in [-0.1, -0.05) is 12.2 Å². The van der Waals surface area contributed by atoms with E-state index in [-0.39, 0.29) is 0 Å². The maximum atomic E-state index is 5.58. The molecule has 1 atom stereocenters. The lowest BCUT2D eigenvalue weighted by atomic mass is 10.1. The van der Waals surface area contributed by atoms with Gasteiger partial charge in [0.2, 0.25) is 0 Å². The second kappa shape index (κ2) is 4.76. The number of piperazine rings is 1. The molecule has 15 heavy (non-hydrogen) atoms. The minimum atomic E-state index is 0.517. The second-order valence-corrected chi connectivity index (χ2v) is 5.35. The van der Waals surface area contributed by atoms with Crippen molar-refractivity contribution in [2.75, 3.05) is 26.2 Å². The third-order valence-electron chi connectivity index (χ3n) is 3.53. The fourth-order valence-electron chi connectivity index (χ4n) is 2.40. The van der Waals surface area contributed by atoms with Gasteiger partial charge in [0.05, 0.1) is 4.99 Å². The lowest BCUT2D eigenvalue weighted by Gasteiger charge is -2.38. The second-order valence-electron chi connectivity index (χ2n) is 4.82. The Kier molecular flexibility index (Phi) is 3.59. The zero-order chi connectivity index (χ0) is 10.8. The summed E-state index contributed by atoms with van der Waals surface area (Å²) in [6.07, 6.45) is 3.70. The smallest absolute Gasteiger partial charge is 0.0742 e. The average molecular weight is 227 g/mol. The van der Waals surface area contributed by atoms with Gasteiger partial charge in [0.15, 0.2) is 0 Å². The number of hydrogen-bond acceptors (Lipinski definition) is 3. The SMILES string of the molecule is CC(CC(N)=S)N1CCN(C2CC2)CC1. The van der Waals surface area contributed by atoms with E-state index in [0.29, 0.717) is 11.0 Å². The highest BCUT2D eigenvalue weighted by molar-refractivity contribution is 7.80. The molecule has 1 unspecified atom stereocenters. The Labute approximate surface area is 97.6 Å². The van der Waals surface area contributed by atoms with Crippen LogP contribution in [0, 0.1) is 0 Å². The minimum Gasteiger partial charge on any atom is -0.393 e. The lowest BCUT2D eigenvalue weighted by molar-refractivity contribution is 0.0998. The Hall–Kier alpha value is -0.190. The van der Waals surface area contributed by atoms with Crippen LogP contribution in [0.25, 0.3) is 0 Å². The standard InChI is InChI=1S/C11H21N3S/c1-9(8-11(12)15)13-4-6-14(7-5-13)10-2-3-10/h9-10H,2-8H2,1H3,(H2,12,15). The van der Waals surface area contributed by atoms with Crippen molar-refractivity contribution in [1.29, 1.82) is 0 Å². The van der Waals surface area contributed by atoms with E-state index in [1.165, 1.54) is 39.0 Å². The molecule has 2 fully saturated rings. The van der Waals surface area contributed by atoms with E-state index in [2.05, 4.69) is 16.7 Å². The molecule has 0 bridgehead atoms. The fourth-order valence-corrected chi connectivity index (χ4v) is 2.64. The molecule has 1 saturated heterocycles. The van der Waals surface area contributed by atoms with E-state index in [1.807, 2.05) is 0 Å². The maximum absolute atomic E-state index is 5.58. The first-order valence-corrected chi connectivity index (χ1v) is 6.34. The third kappa shape index (κ3) is 3.13. The summed E-state index contributed by atoms with van der Waals surface area (Å²) < 4.78 is 0. The third-order valence-corrected chi connectivity index (χ3v) is 3.70. The first-order valence-electron chi connectivity index (χ1n) is 5.93. The van der Waals surface area contributed by atoms with Crippen molar-refractivity contribution < 1.29 is 0 Å². The molecule has 1 saturated carbocycles. The predicted octanol–water partition coefficient (Wildman–Crippen LogP) is 0.831. The number of hydrogen-bond donors (Lipinski definition) is 1. The summed E-state index contributed by atoms with van der Waals surface area (Å²) in [5.74, 6) is 0. The molecule has 0 radical (unpaired) electrons. The van der Waals surface area contributed by atoms with Crippen molar-refractivity contribution in [1.82, 2.24) is 9.80 Å². The minimum absolute atomic E-state index is 0.517. The van der Waals surface area contributed by atoms with Gasteiger partial charge in [0.25, 0.3) is 0 Å². The molecular weight excluding hydrogens is 206 g/mol. The molecule has 3 nitrogen and oxygen atoms in total. The van der Waals surface area contributed by atoms with Gasteiger partial charge < -0.3 is 5.73 Å². The van der Waals surface area contributed by atoms with Gasteiger partial charge in [0, 0.05) is 44.7 Å². The quantitative estimate of drug-likeness (QED) is 0.721.